The van der Waals surface area contributed by atoms with Crippen LogP contribution in [0.1, 0.15) is 12.8 Å². The van der Waals surface area contributed by atoms with Crippen LogP contribution in [0.3, 0.4) is 0 Å². The zero-order valence-electron chi connectivity index (χ0n) is 8.62. The van der Waals surface area contributed by atoms with Gasteiger partial charge in [-0.2, -0.15) is 0 Å². The molecule has 0 radical (unpaired) electrons. The summed E-state index contributed by atoms with van der Waals surface area (Å²) >= 11 is 0. The molecule has 7 N–H and O–H groups in total. The molecule has 0 saturated carbocycles. The summed E-state index contributed by atoms with van der Waals surface area (Å²) in [6, 6.07) is 0. The van der Waals surface area contributed by atoms with Crippen molar-refractivity contribution in [3.8, 4) is 0 Å². The van der Waals surface area contributed by atoms with E-state index in [-0.39, 0.29) is 88.7 Å². The number of rotatable bonds is 5. The Labute approximate surface area is 184 Å². The summed E-state index contributed by atoms with van der Waals surface area (Å²) in [5, 5.41) is 33.8. The van der Waals surface area contributed by atoms with Crippen molar-refractivity contribution in [1.29, 1.82) is 0 Å². The first kappa shape index (κ1) is 33.9. The van der Waals surface area contributed by atoms with Crippen LogP contribution in [0.5, 0.6) is 0 Å². The van der Waals surface area contributed by atoms with Crippen molar-refractivity contribution in [2.75, 3.05) is 0 Å². The second-order valence-electron chi connectivity index (χ2n) is 2.99. The minimum atomic E-state index is -4.64. The SMILES string of the molecule is O=C(O)CC(O)(CC(=O)O)C(=O)O.O=P(O)(O)O.[NaH].[NaH].[NaH]. The number of phosphoric acid groups is 1. The normalized spacial score (nSPS) is 9.52. The van der Waals surface area contributed by atoms with Gasteiger partial charge in [0.15, 0.2) is 5.60 Å². The first-order chi connectivity index (χ1) is 7.78. The van der Waals surface area contributed by atoms with Crippen molar-refractivity contribution in [1.82, 2.24) is 0 Å². The van der Waals surface area contributed by atoms with Gasteiger partial charge >= 0.3 is 114 Å². The van der Waals surface area contributed by atoms with E-state index in [0.717, 1.165) is 0 Å². The van der Waals surface area contributed by atoms with E-state index in [2.05, 4.69) is 0 Å². The van der Waals surface area contributed by atoms with Gasteiger partial charge in [-0.25, -0.2) is 9.36 Å². The molecule has 112 valence electrons. The van der Waals surface area contributed by atoms with Gasteiger partial charge in [0.05, 0.1) is 12.8 Å². The molecule has 0 unspecified atom stereocenters. The van der Waals surface area contributed by atoms with Crippen LogP contribution in [-0.4, -0.2) is 147 Å². The average Bonchev–Trinajstić information content (AvgIpc) is 1.95. The predicted octanol–water partition coefficient (Wildman–Crippen LogP) is -4.12. The van der Waals surface area contributed by atoms with Crippen LogP contribution in [-0.2, 0) is 18.9 Å². The van der Waals surface area contributed by atoms with Crippen LogP contribution in [0, 0.1) is 0 Å². The van der Waals surface area contributed by atoms with Crippen molar-refractivity contribution in [2.24, 2.45) is 0 Å². The first-order valence-corrected chi connectivity index (χ1v) is 5.52. The van der Waals surface area contributed by atoms with E-state index in [4.69, 9.17) is 39.7 Å². The van der Waals surface area contributed by atoms with Gasteiger partial charge in [-0.3, -0.25) is 9.59 Å². The molecule has 0 spiro atoms. The van der Waals surface area contributed by atoms with E-state index in [1.165, 1.54) is 0 Å². The molecule has 0 heterocycles. The summed E-state index contributed by atoms with van der Waals surface area (Å²) in [6.07, 6.45) is -2.29. The molecule has 0 bridgehead atoms. The fraction of sp³-hybridized carbons (Fsp3) is 0.500. The van der Waals surface area contributed by atoms with E-state index in [1.807, 2.05) is 0 Å². The maximum absolute atomic E-state index is 10.3. The van der Waals surface area contributed by atoms with E-state index in [0.29, 0.717) is 0 Å². The second-order valence-corrected chi connectivity index (χ2v) is 4.02. The summed E-state index contributed by atoms with van der Waals surface area (Å²) in [4.78, 5) is 52.0. The Morgan fingerprint density at radius 3 is 1.10 bits per heavy atom. The molecule has 0 aliphatic heterocycles. The molecule has 15 heteroatoms. The van der Waals surface area contributed by atoms with Crippen molar-refractivity contribution >= 4 is 114 Å². The van der Waals surface area contributed by atoms with Crippen LogP contribution in [0.15, 0.2) is 0 Å². The first-order valence-electron chi connectivity index (χ1n) is 3.95. The summed E-state index contributed by atoms with van der Waals surface area (Å²) in [7, 11) is -4.64. The zero-order chi connectivity index (χ0) is 15.1. The molecule has 0 saturated heterocycles. The Hall–Kier alpha value is 1.48. The van der Waals surface area contributed by atoms with Crippen LogP contribution in [0.2, 0.25) is 0 Å². The number of hydrogen-bond acceptors (Lipinski definition) is 5. The van der Waals surface area contributed by atoms with Gasteiger partial charge < -0.3 is 35.1 Å². The molecule has 0 rings (SSSR count). The maximum atomic E-state index is 10.3. The molecular formula is C6H14Na3O11P. The van der Waals surface area contributed by atoms with E-state index in [1.54, 1.807) is 0 Å². The van der Waals surface area contributed by atoms with Gasteiger partial charge in [0, 0.05) is 0 Å². The molecule has 0 aromatic rings. The third kappa shape index (κ3) is 26.7. The van der Waals surface area contributed by atoms with Gasteiger partial charge in [0.25, 0.3) is 0 Å². The third-order valence-electron chi connectivity index (χ3n) is 1.29. The van der Waals surface area contributed by atoms with Crippen LogP contribution in [0.25, 0.3) is 0 Å². The number of aliphatic hydroxyl groups is 1. The average molecular weight is 362 g/mol. The van der Waals surface area contributed by atoms with Gasteiger partial charge in [-0.1, -0.05) is 0 Å². The summed E-state index contributed by atoms with van der Waals surface area (Å²) < 4.78 is 8.88. The molecule has 0 fully saturated rings. The Morgan fingerprint density at radius 1 is 0.810 bits per heavy atom. The van der Waals surface area contributed by atoms with Crippen molar-refractivity contribution < 1.29 is 54.1 Å². The van der Waals surface area contributed by atoms with Crippen LogP contribution in [0.4, 0.5) is 0 Å². The Kier molecular flexibility index (Phi) is 24.3. The molecular weight excluding hydrogens is 348 g/mol. The predicted molar refractivity (Wildman–Crippen MR) is 72.8 cm³/mol. The minimum absolute atomic E-state index is 0. The standard InChI is InChI=1S/C6H8O7.3Na.H3O4P.3H/c7-3(8)1-6(13,5(11)12)2-4(9)10;;;;1-5(2,3)4;;;/h13H,1-2H2,(H,7,8)(H,9,10)(H,11,12);;;;(H3,1,2,3,4);;;. The fourth-order valence-corrected chi connectivity index (χ4v) is 0.714. The number of carboxylic acid groups (broad SMARTS) is 3. The zero-order valence-corrected chi connectivity index (χ0v) is 9.52. The molecule has 0 atom stereocenters. The van der Waals surface area contributed by atoms with Gasteiger partial charge in [-0.15, -0.1) is 0 Å². The molecule has 0 amide bonds. The fourth-order valence-electron chi connectivity index (χ4n) is 0.714. The molecule has 0 aliphatic carbocycles. The number of aliphatic carboxylic acids is 3. The van der Waals surface area contributed by atoms with Crippen molar-refractivity contribution in [3.63, 3.8) is 0 Å². The molecule has 0 aromatic carbocycles. The van der Waals surface area contributed by atoms with Crippen molar-refractivity contribution in [2.45, 2.75) is 18.4 Å². The Balaban J connectivity index is -0.0000000933. The Morgan fingerprint density at radius 2 is 1.00 bits per heavy atom. The second kappa shape index (κ2) is 15.0. The third-order valence-corrected chi connectivity index (χ3v) is 1.29. The van der Waals surface area contributed by atoms with Crippen LogP contribution < -0.4 is 0 Å². The van der Waals surface area contributed by atoms with Crippen LogP contribution >= 0.6 is 7.82 Å². The molecule has 0 aliphatic rings. The van der Waals surface area contributed by atoms with Gasteiger partial charge in [-0.05, 0) is 0 Å². The summed E-state index contributed by atoms with van der Waals surface area (Å²) in [6.45, 7) is 0. The monoisotopic (exact) mass is 362 g/mol. The van der Waals surface area contributed by atoms with Gasteiger partial charge in [0.2, 0.25) is 0 Å². The molecule has 0 aromatic heterocycles. The van der Waals surface area contributed by atoms with E-state index >= 15 is 0 Å². The molecule has 11 nitrogen and oxygen atoms in total. The quantitative estimate of drug-likeness (QED) is 0.184. The summed E-state index contributed by atoms with van der Waals surface area (Å²) in [5.41, 5.74) is -2.74. The number of carbonyl (C=O) groups is 3. The molecule has 21 heavy (non-hydrogen) atoms. The summed E-state index contributed by atoms with van der Waals surface area (Å²) in [5.74, 6) is -5.02. The van der Waals surface area contributed by atoms with E-state index in [9.17, 15) is 14.4 Å². The topological polar surface area (TPSA) is 210 Å². The number of carboxylic acids is 3. The Bertz CT molecular complexity index is 356. The number of hydrogen-bond donors (Lipinski definition) is 7. The van der Waals surface area contributed by atoms with E-state index < -0.39 is 44.2 Å². The van der Waals surface area contributed by atoms with Crippen molar-refractivity contribution in [3.05, 3.63) is 0 Å². The van der Waals surface area contributed by atoms with Gasteiger partial charge in [0.1, 0.15) is 0 Å².